The molecule has 1 aliphatic rings. The number of nitrogens with zero attached hydrogens (tertiary/aromatic N) is 4. The largest absolute Gasteiger partial charge is 0.481 e. The molecule has 130 valence electrons. The van der Waals surface area contributed by atoms with Crippen molar-refractivity contribution < 1.29 is 9.84 Å². The van der Waals surface area contributed by atoms with Crippen molar-refractivity contribution in [2.75, 3.05) is 26.8 Å². The van der Waals surface area contributed by atoms with Gasteiger partial charge in [-0.2, -0.15) is 5.10 Å². The molecule has 1 aliphatic heterocycles. The molecule has 1 saturated heterocycles. The minimum atomic E-state index is 0.202. The van der Waals surface area contributed by atoms with Crippen LogP contribution in [0.15, 0.2) is 30.7 Å². The second kappa shape index (κ2) is 7.32. The highest BCUT2D eigenvalue weighted by atomic mass is 16.5. The molecule has 0 unspecified atom stereocenters. The van der Waals surface area contributed by atoms with Crippen LogP contribution in [0.2, 0.25) is 0 Å². The van der Waals surface area contributed by atoms with Gasteiger partial charge in [0.15, 0.2) is 0 Å². The highest BCUT2D eigenvalue weighted by Gasteiger charge is 2.34. The van der Waals surface area contributed by atoms with E-state index in [-0.39, 0.29) is 12.5 Å². The van der Waals surface area contributed by atoms with E-state index in [1.165, 1.54) is 11.1 Å². The van der Waals surface area contributed by atoms with Gasteiger partial charge in [0.05, 0.1) is 13.3 Å². The highest BCUT2D eigenvalue weighted by molar-refractivity contribution is 5.22. The first-order valence-electron chi connectivity index (χ1n) is 8.47. The van der Waals surface area contributed by atoms with Crippen LogP contribution in [0.5, 0.6) is 5.88 Å². The van der Waals surface area contributed by atoms with Crippen LogP contribution < -0.4 is 4.74 Å². The zero-order chi connectivity index (χ0) is 17.1. The summed E-state index contributed by atoms with van der Waals surface area (Å²) in [7, 11) is 1.63. The van der Waals surface area contributed by atoms with Gasteiger partial charge in [-0.25, -0.2) is 4.98 Å². The molecule has 1 fully saturated rings. The van der Waals surface area contributed by atoms with Crippen LogP contribution in [-0.2, 0) is 6.54 Å². The van der Waals surface area contributed by atoms with Gasteiger partial charge in [-0.1, -0.05) is 0 Å². The molecule has 24 heavy (non-hydrogen) atoms. The molecule has 3 rings (SSSR count). The first-order chi connectivity index (χ1) is 11.6. The minimum absolute atomic E-state index is 0.202. The predicted molar refractivity (Wildman–Crippen MR) is 92.0 cm³/mol. The summed E-state index contributed by atoms with van der Waals surface area (Å²) in [5.41, 5.74) is 2.40. The molecule has 0 aliphatic carbocycles. The maximum absolute atomic E-state index is 9.80. The molecule has 3 heterocycles. The third-order valence-electron chi connectivity index (χ3n) is 4.74. The summed E-state index contributed by atoms with van der Waals surface area (Å²) in [5.74, 6) is 1.21. The smallest absolute Gasteiger partial charge is 0.213 e. The molecule has 0 aromatic carbocycles. The number of likely N-dealkylation sites (tertiary alicyclic amines) is 1. The lowest BCUT2D eigenvalue weighted by Gasteiger charge is -2.16. The molecule has 6 heteroatoms. The van der Waals surface area contributed by atoms with E-state index < -0.39 is 0 Å². The fraction of sp³-hybridized carbons (Fsp3) is 0.556. The third-order valence-corrected chi connectivity index (χ3v) is 4.74. The van der Waals surface area contributed by atoms with E-state index in [1.807, 2.05) is 23.0 Å². The lowest BCUT2D eigenvalue weighted by molar-refractivity contribution is 0.214. The topological polar surface area (TPSA) is 63.4 Å². The number of aliphatic hydroxyl groups is 1. The molecule has 0 amide bonds. The van der Waals surface area contributed by atoms with Gasteiger partial charge in [0.2, 0.25) is 5.88 Å². The second-order valence-corrected chi connectivity index (χ2v) is 6.80. The molecule has 0 spiro atoms. The van der Waals surface area contributed by atoms with Crippen LogP contribution in [-0.4, -0.2) is 51.6 Å². The molecule has 2 aromatic heterocycles. The van der Waals surface area contributed by atoms with Crippen LogP contribution in [0.1, 0.15) is 36.9 Å². The summed E-state index contributed by atoms with van der Waals surface area (Å²) in [6.45, 7) is 7.10. The normalized spacial score (nSPS) is 21.5. The van der Waals surface area contributed by atoms with Crippen LogP contribution in [0.4, 0.5) is 0 Å². The van der Waals surface area contributed by atoms with Gasteiger partial charge < -0.3 is 9.84 Å². The molecule has 1 N–H and O–H groups in total. The lowest BCUT2D eigenvalue weighted by atomic mass is 9.92. The number of hydrogen-bond donors (Lipinski definition) is 1. The molecule has 0 saturated carbocycles. The monoisotopic (exact) mass is 330 g/mol. The SMILES string of the molecule is COc1cc(CN2C[C@@H](CO)[C@H](c3cnn(C(C)C)c3)C2)ccn1. The Balaban J connectivity index is 1.71. The van der Waals surface area contributed by atoms with Crippen molar-refractivity contribution in [2.24, 2.45) is 5.92 Å². The van der Waals surface area contributed by atoms with E-state index >= 15 is 0 Å². The number of methoxy groups -OCH3 is 1. The van der Waals surface area contributed by atoms with Crippen molar-refractivity contribution in [1.82, 2.24) is 19.7 Å². The standard InChI is InChI=1S/C18H26N4O2/c1-13(2)22-10-15(7-20-22)17-11-21(9-16(17)12-23)8-14-4-5-19-18(6-14)24-3/h4-7,10,13,16-17,23H,8-9,11-12H2,1-3H3/t16-,17-/m0/s1. The summed E-state index contributed by atoms with van der Waals surface area (Å²) >= 11 is 0. The van der Waals surface area contributed by atoms with Crippen LogP contribution >= 0.6 is 0 Å². The molecule has 2 atom stereocenters. The Morgan fingerprint density at radius 2 is 2.21 bits per heavy atom. The Bertz CT molecular complexity index is 671. The average molecular weight is 330 g/mol. The highest BCUT2D eigenvalue weighted by Crippen LogP contribution is 2.33. The molecule has 6 nitrogen and oxygen atoms in total. The van der Waals surface area contributed by atoms with Gasteiger partial charge >= 0.3 is 0 Å². The van der Waals surface area contributed by atoms with Crippen LogP contribution in [0, 0.1) is 5.92 Å². The molecular formula is C18H26N4O2. The number of rotatable bonds is 6. The van der Waals surface area contributed by atoms with Crippen molar-refractivity contribution in [3.63, 3.8) is 0 Å². The predicted octanol–water partition coefficient (Wildman–Crippen LogP) is 2.08. The number of hydrogen-bond acceptors (Lipinski definition) is 5. The summed E-state index contributed by atoms with van der Waals surface area (Å²) in [6.07, 6.45) is 5.85. The van der Waals surface area contributed by atoms with Crippen molar-refractivity contribution in [2.45, 2.75) is 32.4 Å². The van der Waals surface area contributed by atoms with Gasteiger partial charge in [-0.15, -0.1) is 0 Å². The van der Waals surface area contributed by atoms with Crippen LogP contribution in [0.3, 0.4) is 0 Å². The third kappa shape index (κ3) is 3.60. The van der Waals surface area contributed by atoms with Gasteiger partial charge in [-0.05, 0) is 31.0 Å². The molecule has 2 aromatic rings. The Hall–Kier alpha value is -1.92. The summed E-state index contributed by atoms with van der Waals surface area (Å²) in [5, 5.41) is 14.2. The summed E-state index contributed by atoms with van der Waals surface area (Å²) in [6, 6.07) is 4.34. The van der Waals surface area contributed by atoms with E-state index in [0.29, 0.717) is 17.8 Å². The molecule has 0 bridgehead atoms. The Morgan fingerprint density at radius 1 is 1.38 bits per heavy atom. The maximum atomic E-state index is 9.80. The summed E-state index contributed by atoms with van der Waals surface area (Å²) in [4.78, 5) is 6.54. The Labute approximate surface area is 143 Å². The zero-order valence-electron chi connectivity index (χ0n) is 14.6. The van der Waals surface area contributed by atoms with Crippen LogP contribution in [0.25, 0.3) is 0 Å². The Kier molecular flexibility index (Phi) is 5.16. The fourth-order valence-corrected chi connectivity index (χ4v) is 3.40. The van der Waals surface area contributed by atoms with Gasteiger partial charge in [0.25, 0.3) is 0 Å². The van der Waals surface area contributed by atoms with E-state index in [4.69, 9.17) is 4.74 Å². The average Bonchev–Trinajstić information content (AvgIpc) is 3.21. The summed E-state index contributed by atoms with van der Waals surface area (Å²) < 4.78 is 7.18. The number of aromatic nitrogens is 3. The number of ether oxygens (including phenoxy) is 1. The minimum Gasteiger partial charge on any atom is -0.481 e. The van der Waals surface area contributed by atoms with E-state index in [1.54, 1.807) is 13.3 Å². The van der Waals surface area contributed by atoms with E-state index in [2.05, 4.69) is 35.0 Å². The zero-order valence-corrected chi connectivity index (χ0v) is 14.6. The van der Waals surface area contributed by atoms with Crippen molar-refractivity contribution in [1.29, 1.82) is 0 Å². The van der Waals surface area contributed by atoms with Gasteiger partial charge in [-0.3, -0.25) is 9.58 Å². The van der Waals surface area contributed by atoms with E-state index in [9.17, 15) is 5.11 Å². The van der Waals surface area contributed by atoms with Crippen molar-refractivity contribution in [3.8, 4) is 5.88 Å². The molecule has 0 radical (unpaired) electrons. The molecular weight excluding hydrogens is 304 g/mol. The maximum Gasteiger partial charge on any atom is 0.213 e. The van der Waals surface area contributed by atoms with Crippen molar-refractivity contribution >= 4 is 0 Å². The first kappa shape index (κ1) is 16.9. The second-order valence-electron chi connectivity index (χ2n) is 6.80. The van der Waals surface area contributed by atoms with Gasteiger partial charge in [0, 0.05) is 62.6 Å². The van der Waals surface area contributed by atoms with E-state index in [0.717, 1.165) is 19.6 Å². The van der Waals surface area contributed by atoms with Gasteiger partial charge in [0.1, 0.15) is 0 Å². The van der Waals surface area contributed by atoms with Crippen molar-refractivity contribution in [3.05, 3.63) is 41.9 Å². The quantitative estimate of drug-likeness (QED) is 0.878. The fourth-order valence-electron chi connectivity index (χ4n) is 3.40. The number of aliphatic hydroxyl groups excluding tert-OH is 1. The Morgan fingerprint density at radius 3 is 2.88 bits per heavy atom. The first-order valence-corrected chi connectivity index (χ1v) is 8.47. The lowest BCUT2D eigenvalue weighted by Crippen LogP contribution is -2.21. The number of pyridine rings is 1.